The first kappa shape index (κ1) is 12.4. The number of carbonyl (C=O) groups is 1. The van der Waals surface area contributed by atoms with Crippen molar-refractivity contribution in [3.8, 4) is 0 Å². The molecule has 1 aliphatic heterocycles. The van der Waals surface area contributed by atoms with Gasteiger partial charge in [-0.05, 0) is 6.07 Å². The van der Waals surface area contributed by atoms with Crippen molar-refractivity contribution in [2.75, 3.05) is 13.2 Å². The van der Waals surface area contributed by atoms with Crippen molar-refractivity contribution in [2.45, 2.75) is 18.6 Å². The van der Waals surface area contributed by atoms with Gasteiger partial charge in [-0.1, -0.05) is 29.8 Å². The van der Waals surface area contributed by atoms with Gasteiger partial charge in [0.1, 0.15) is 12.1 Å². The molecule has 0 aliphatic carbocycles. The second-order valence-electron chi connectivity index (χ2n) is 4.13. The lowest BCUT2D eigenvalue weighted by molar-refractivity contribution is -0.151. The van der Waals surface area contributed by atoms with E-state index in [1.54, 1.807) is 6.07 Å². The first-order chi connectivity index (χ1) is 8.12. The van der Waals surface area contributed by atoms with Crippen LogP contribution < -0.4 is 5.73 Å². The minimum absolute atomic E-state index is 0.136. The highest BCUT2D eigenvalue weighted by molar-refractivity contribution is 6.31. The van der Waals surface area contributed by atoms with Crippen LogP contribution in [-0.4, -0.2) is 24.7 Å². The van der Waals surface area contributed by atoms with Gasteiger partial charge in [0.2, 0.25) is 0 Å². The highest BCUT2D eigenvalue weighted by atomic mass is 35.5. The third-order valence-corrected chi connectivity index (χ3v) is 3.14. The standard InChI is InChI=1S/C12H14ClNO3/c13-10-4-2-1-3-9(10)7-17-11(15)12(14)5-6-16-8-12/h1-4H,5-8,14H2. The van der Waals surface area contributed by atoms with Crippen LogP contribution in [-0.2, 0) is 20.9 Å². The summed E-state index contributed by atoms with van der Waals surface area (Å²) in [5.41, 5.74) is 5.64. The molecule has 0 aromatic heterocycles. The Kier molecular flexibility index (Phi) is 3.66. The topological polar surface area (TPSA) is 61.6 Å². The molecule has 0 radical (unpaired) electrons. The molecule has 1 saturated heterocycles. The van der Waals surface area contributed by atoms with Gasteiger partial charge in [-0.3, -0.25) is 0 Å². The van der Waals surface area contributed by atoms with Crippen molar-refractivity contribution in [1.82, 2.24) is 0 Å². The Bertz CT molecular complexity index is 416. The van der Waals surface area contributed by atoms with E-state index in [-0.39, 0.29) is 13.2 Å². The summed E-state index contributed by atoms with van der Waals surface area (Å²) in [5.74, 6) is -0.435. The third kappa shape index (κ3) is 2.77. The third-order valence-electron chi connectivity index (χ3n) is 2.78. The molecule has 1 unspecified atom stereocenters. The monoisotopic (exact) mass is 255 g/mol. The van der Waals surface area contributed by atoms with E-state index in [2.05, 4.69) is 0 Å². The van der Waals surface area contributed by atoms with Crippen LogP contribution in [0.3, 0.4) is 0 Å². The Balaban J connectivity index is 1.94. The number of ether oxygens (including phenoxy) is 2. The number of rotatable bonds is 3. The predicted octanol–water partition coefficient (Wildman–Crippen LogP) is 1.50. The number of halogens is 1. The molecule has 1 aliphatic rings. The van der Waals surface area contributed by atoms with Crippen molar-refractivity contribution < 1.29 is 14.3 Å². The van der Waals surface area contributed by atoms with Gasteiger partial charge in [0, 0.05) is 23.6 Å². The fourth-order valence-electron chi connectivity index (χ4n) is 1.64. The van der Waals surface area contributed by atoms with Crippen LogP contribution in [0.5, 0.6) is 0 Å². The lowest BCUT2D eigenvalue weighted by Crippen LogP contribution is -2.49. The molecule has 1 atom stereocenters. The largest absolute Gasteiger partial charge is 0.459 e. The summed E-state index contributed by atoms with van der Waals surface area (Å²) >= 11 is 5.95. The molecule has 1 fully saturated rings. The van der Waals surface area contributed by atoms with E-state index in [4.69, 9.17) is 26.8 Å². The lowest BCUT2D eigenvalue weighted by Gasteiger charge is -2.19. The molecule has 1 aromatic carbocycles. The SMILES string of the molecule is NC1(C(=O)OCc2ccccc2Cl)CCOC1. The Hall–Kier alpha value is -1.10. The van der Waals surface area contributed by atoms with Crippen molar-refractivity contribution >= 4 is 17.6 Å². The van der Waals surface area contributed by atoms with Gasteiger partial charge in [0.15, 0.2) is 0 Å². The molecule has 0 spiro atoms. The summed E-state index contributed by atoms with van der Waals surface area (Å²) in [4.78, 5) is 11.8. The highest BCUT2D eigenvalue weighted by Crippen LogP contribution is 2.20. The van der Waals surface area contributed by atoms with Crippen molar-refractivity contribution in [1.29, 1.82) is 0 Å². The summed E-state index contributed by atoms with van der Waals surface area (Å²) in [6, 6.07) is 7.22. The Morgan fingerprint density at radius 2 is 2.29 bits per heavy atom. The fraction of sp³-hybridized carbons (Fsp3) is 0.417. The molecule has 92 valence electrons. The van der Waals surface area contributed by atoms with Gasteiger partial charge < -0.3 is 15.2 Å². The van der Waals surface area contributed by atoms with E-state index >= 15 is 0 Å². The molecule has 4 nitrogen and oxygen atoms in total. The zero-order valence-electron chi connectivity index (χ0n) is 9.32. The van der Waals surface area contributed by atoms with Crippen LogP contribution in [0, 0.1) is 0 Å². The van der Waals surface area contributed by atoms with Gasteiger partial charge in [-0.15, -0.1) is 0 Å². The van der Waals surface area contributed by atoms with E-state index in [0.29, 0.717) is 18.1 Å². The summed E-state index contributed by atoms with van der Waals surface area (Å²) < 4.78 is 10.3. The molecular formula is C12H14ClNO3. The molecule has 0 saturated carbocycles. The maximum atomic E-state index is 11.8. The number of hydrogen-bond donors (Lipinski definition) is 1. The Labute approximate surface area is 105 Å². The van der Waals surface area contributed by atoms with Gasteiger partial charge >= 0.3 is 5.97 Å². The van der Waals surface area contributed by atoms with Crippen molar-refractivity contribution in [3.05, 3.63) is 34.9 Å². The number of carbonyl (C=O) groups excluding carboxylic acids is 1. The fourth-order valence-corrected chi connectivity index (χ4v) is 1.83. The number of hydrogen-bond acceptors (Lipinski definition) is 4. The molecular weight excluding hydrogens is 242 g/mol. The summed E-state index contributed by atoms with van der Waals surface area (Å²) in [6.45, 7) is 0.851. The first-order valence-corrected chi connectivity index (χ1v) is 5.77. The lowest BCUT2D eigenvalue weighted by atomic mass is 10.0. The number of nitrogens with two attached hydrogens (primary N) is 1. The second kappa shape index (κ2) is 5.04. The summed E-state index contributed by atoms with van der Waals surface area (Å²) in [5, 5.41) is 0.578. The van der Waals surface area contributed by atoms with Gasteiger partial charge in [-0.2, -0.15) is 0 Å². The van der Waals surface area contributed by atoms with Crippen LogP contribution in [0.2, 0.25) is 5.02 Å². The molecule has 2 N–H and O–H groups in total. The maximum Gasteiger partial charge on any atom is 0.328 e. The molecule has 17 heavy (non-hydrogen) atoms. The molecule has 0 amide bonds. The molecule has 1 heterocycles. The quantitative estimate of drug-likeness (QED) is 0.832. The van der Waals surface area contributed by atoms with Crippen LogP contribution >= 0.6 is 11.6 Å². The first-order valence-electron chi connectivity index (χ1n) is 5.39. The average molecular weight is 256 g/mol. The minimum Gasteiger partial charge on any atom is -0.459 e. The van der Waals surface area contributed by atoms with Gasteiger partial charge in [0.25, 0.3) is 0 Å². The van der Waals surface area contributed by atoms with Gasteiger partial charge in [0.05, 0.1) is 6.61 Å². The van der Waals surface area contributed by atoms with Crippen molar-refractivity contribution in [3.63, 3.8) is 0 Å². The highest BCUT2D eigenvalue weighted by Gasteiger charge is 2.39. The molecule has 1 aromatic rings. The summed E-state index contributed by atoms with van der Waals surface area (Å²) in [6.07, 6.45) is 0.494. The Morgan fingerprint density at radius 3 is 2.94 bits per heavy atom. The van der Waals surface area contributed by atoms with Crippen LogP contribution in [0.25, 0.3) is 0 Å². The normalized spacial score (nSPS) is 23.6. The Morgan fingerprint density at radius 1 is 1.53 bits per heavy atom. The minimum atomic E-state index is -0.999. The number of esters is 1. The second-order valence-corrected chi connectivity index (χ2v) is 4.53. The van der Waals surface area contributed by atoms with Crippen LogP contribution in [0.1, 0.15) is 12.0 Å². The molecule has 5 heteroatoms. The average Bonchev–Trinajstić information content (AvgIpc) is 2.76. The van der Waals surface area contributed by atoms with Crippen molar-refractivity contribution in [2.24, 2.45) is 5.73 Å². The van der Waals surface area contributed by atoms with E-state index in [0.717, 1.165) is 5.56 Å². The van der Waals surface area contributed by atoms with Gasteiger partial charge in [-0.25, -0.2) is 4.79 Å². The summed E-state index contributed by atoms with van der Waals surface area (Å²) in [7, 11) is 0. The smallest absolute Gasteiger partial charge is 0.328 e. The molecule has 2 rings (SSSR count). The number of benzene rings is 1. The van der Waals surface area contributed by atoms with E-state index < -0.39 is 11.5 Å². The molecule has 0 bridgehead atoms. The van der Waals surface area contributed by atoms with E-state index in [1.165, 1.54) is 0 Å². The van der Waals surface area contributed by atoms with E-state index in [9.17, 15) is 4.79 Å². The maximum absolute atomic E-state index is 11.8. The van der Waals surface area contributed by atoms with Crippen LogP contribution in [0.15, 0.2) is 24.3 Å². The predicted molar refractivity (Wildman–Crippen MR) is 63.6 cm³/mol. The zero-order chi connectivity index (χ0) is 12.3. The zero-order valence-corrected chi connectivity index (χ0v) is 10.1. The van der Waals surface area contributed by atoms with Crippen LogP contribution in [0.4, 0.5) is 0 Å². The van der Waals surface area contributed by atoms with E-state index in [1.807, 2.05) is 18.2 Å².